The molecule has 2 aromatic carbocycles. The van der Waals surface area contributed by atoms with Crippen molar-refractivity contribution >= 4 is 46.4 Å². The number of carbonyl (C=O) groups is 3. The highest BCUT2D eigenvalue weighted by molar-refractivity contribution is 6.31. The molecule has 8 nitrogen and oxygen atoms in total. The lowest BCUT2D eigenvalue weighted by Gasteiger charge is -2.18. The standard InChI is InChI=1S/C23H20ClN3O5/c1-31-17-5-2-4-16(12-17)27-13-14(10-21(27)28)22(29)25-18-8-7-15(24)11-19(18)26-23(30)20-6-3-9-32-20/h2-9,11-12,14H,10,13H2,1H3,(H,25,29)(H,26,30). The van der Waals surface area contributed by atoms with Crippen molar-refractivity contribution in [1.29, 1.82) is 0 Å². The number of benzene rings is 2. The molecule has 1 aliphatic rings. The van der Waals surface area contributed by atoms with Gasteiger partial charge in [-0.2, -0.15) is 0 Å². The average Bonchev–Trinajstić information content (AvgIpc) is 3.46. The Morgan fingerprint density at radius 1 is 1.09 bits per heavy atom. The van der Waals surface area contributed by atoms with Crippen LogP contribution in [0.4, 0.5) is 17.1 Å². The van der Waals surface area contributed by atoms with Crippen molar-refractivity contribution in [2.75, 3.05) is 29.2 Å². The molecule has 1 fully saturated rings. The monoisotopic (exact) mass is 453 g/mol. The minimum atomic E-state index is -0.557. The number of nitrogens with zero attached hydrogens (tertiary/aromatic N) is 1. The highest BCUT2D eigenvalue weighted by Gasteiger charge is 2.35. The smallest absolute Gasteiger partial charge is 0.291 e. The van der Waals surface area contributed by atoms with Gasteiger partial charge in [0.25, 0.3) is 5.91 Å². The average molecular weight is 454 g/mol. The molecular formula is C23H20ClN3O5. The molecule has 1 unspecified atom stereocenters. The number of nitrogens with one attached hydrogen (secondary N) is 2. The summed E-state index contributed by atoms with van der Waals surface area (Å²) in [5.41, 5.74) is 1.36. The van der Waals surface area contributed by atoms with E-state index in [1.165, 1.54) is 18.4 Å². The molecule has 1 aromatic heterocycles. The number of hydrogen-bond acceptors (Lipinski definition) is 5. The van der Waals surface area contributed by atoms with Crippen molar-refractivity contribution in [2.24, 2.45) is 5.92 Å². The van der Waals surface area contributed by atoms with E-state index in [1.807, 2.05) is 0 Å². The molecule has 9 heteroatoms. The molecule has 0 aliphatic carbocycles. The van der Waals surface area contributed by atoms with Crippen molar-refractivity contribution in [3.63, 3.8) is 0 Å². The summed E-state index contributed by atoms with van der Waals surface area (Å²) in [6, 6.07) is 15.0. The molecule has 3 aromatic rings. The van der Waals surface area contributed by atoms with E-state index in [0.717, 1.165) is 0 Å². The van der Waals surface area contributed by atoms with Gasteiger partial charge in [0.1, 0.15) is 5.75 Å². The van der Waals surface area contributed by atoms with Gasteiger partial charge in [0.2, 0.25) is 11.8 Å². The van der Waals surface area contributed by atoms with Gasteiger partial charge in [-0.1, -0.05) is 17.7 Å². The number of methoxy groups -OCH3 is 1. The Morgan fingerprint density at radius 3 is 2.69 bits per heavy atom. The Hall–Kier alpha value is -3.78. The van der Waals surface area contributed by atoms with Crippen LogP contribution in [-0.2, 0) is 9.59 Å². The van der Waals surface area contributed by atoms with E-state index in [4.69, 9.17) is 20.8 Å². The van der Waals surface area contributed by atoms with Crippen LogP contribution in [-0.4, -0.2) is 31.4 Å². The van der Waals surface area contributed by atoms with Crippen LogP contribution in [0.15, 0.2) is 65.3 Å². The lowest BCUT2D eigenvalue weighted by Crippen LogP contribution is -2.28. The Bertz CT molecular complexity index is 1160. The lowest BCUT2D eigenvalue weighted by atomic mass is 10.1. The Labute approximate surface area is 189 Å². The van der Waals surface area contributed by atoms with E-state index >= 15 is 0 Å². The van der Waals surface area contributed by atoms with Crippen molar-refractivity contribution < 1.29 is 23.5 Å². The molecule has 32 heavy (non-hydrogen) atoms. The first-order valence-electron chi connectivity index (χ1n) is 9.84. The predicted molar refractivity (Wildman–Crippen MR) is 120 cm³/mol. The Morgan fingerprint density at radius 2 is 1.94 bits per heavy atom. The maximum Gasteiger partial charge on any atom is 0.291 e. The van der Waals surface area contributed by atoms with Gasteiger partial charge in [0.05, 0.1) is 30.7 Å². The SMILES string of the molecule is COc1cccc(N2CC(C(=O)Nc3ccc(Cl)cc3NC(=O)c3ccco3)CC2=O)c1. The van der Waals surface area contributed by atoms with Crippen molar-refractivity contribution in [3.8, 4) is 5.75 Å². The van der Waals surface area contributed by atoms with Crippen LogP contribution in [0.2, 0.25) is 5.02 Å². The zero-order valence-corrected chi connectivity index (χ0v) is 17.9. The number of carbonyl (C=O) groups excluding carboxylic acids is 3. The first-order chi connectivity index (χ1) is 15.4. The highest BCUT2D eigenvalue weighted by Crippen LogP contribution is 2.31. The predicted octanol–water partition coefficient (Wildman–Crippen LogP) is 4.19. The Balaban J connectivity index is 1.48. The summed E-state index contributed by atoms with van der Waals surface area (Å²) in [7, 11) is 1.55. The summed E-state index contributed by atoms with van der Waals surface area (Å²) < 4.78 is 10.3. The van der Waals surface area contributed by atoms with Crippen LogP contribution >= 0.6 is 11.6 Å². The number of halogens is 1. The van der Waals surface area contributed by atoms with Gasteiger partial charge < -0.3 is 24.7 Å². The molecule has 0 saturated carbocycles. The second-order valence-corrected chi connectivity index (χ2v) is 7.65. The number of rotatable bonds is 6. The second kappa shape index (κ2) is 9.15. The fourth-order valence-electron chi connectivity index (χ4n) is 3.47. The van der Waals surface area contributed by atoms with Crippen LogP contribution in [0.25, 0.3) is 0 Å². The first kappa shape index (κ1) is 21.5. The summed E-state index contributed by atoms with van der Waals surface area (Å²) in [5.74, 6) is -0.773. The van der Waals surface area contributed by atoms with E-state index in [9.17, 15) is 14.4 Å². The summed E-state index contributed by atoms with van der Waals surface area (Å²) in [4.78, 5) is 39.4. The number of furan rings is 1. The number of amides is 3. The summed E-state index contributed by atoms with van der Waals surface area (Å²) in [5, 5.41) is 5.87. The maximum absolute atomic E-state index is 12.9. The number of hydrogen-bond donors (Lipinski definition) is 2. The molecule has 2 heterocycles. The summed E-state index contributed by atoms with van der Waals surface area (Å²) in [6.45, 7) is 0.236. The van der Waals surface area contributed by atoms with E-state index in [-0.39, 0.29) is 30.5 Å². The minimum absolute atomic E-state index is 0.0741. The van der Waals surface area contributed by atoms with Crippen LogP contribution in [0.3, 0.4) is 0 Å². The molecule has 4 rings (SSSR count). The van der Waals surface area contributed by atoms with Crippen molar-refractivity contribution in [2.45, 2.75) is 6.42 Å². The van der Waals surface area contributed by atoms with E-state index in [0.29, 0.717) is 27.8 Å². The lowest BCUT2D eigenvalue weighted by molar-refractivity contribution is -0.122. The zero-order chi connectivity index (χ0) is 22.7. The first-order valence-corrected chi connectivity index (χ1v) is 10.2. The molecule has 3 amide bonds. The molecule has 1 saturated heterocycles. The molecule has 0 spiro atoms. The third kappa shape index (κ3) is 4.60. The second-order valence-electron chi connectivity index (χ2n) is 7.22. The largest absolute Gasteiger partial charge is 0.497 e. The van der Waals surface area contributed by atoms with Gasteiger partial charge in [0.15, 0.2) is 5.76 Å². The molecule has 2 N–H and O–H groups in total. The molecule has 1 atom stereocenters. The summed E-state index contributed by atoms with van der Waals surface area (Å²) in [6.07, 6.45) is 1.46. The zero-order valence-electron chi connectivity index (χ0n) is 17.1. The summed E-state index contributed by atoms with van der Waals surface area (Å²) >= 11 is 6.07. The molecule has 0 radical (unpaired) electrons. The molecule has 1 aliphatic heterocycles. The Kier molecular flexibility index (Phi) is 6.13. The number of ether oxygens (including phenoxy) is 1. The topological polar surface area (TPSA) is 101 Å². The minimum Gasteiger partial charge on any atom is -0.497 e. The normalized spacial score (nSPS) is 15.5. The quantitative estimate of drug-likeness (QED) is 0.583. The van der Waals surface area contributed by atoms with Gasteiger partial charge in [-0.05, 0) is 42.5 Å². The van der Waals surface area contributed by atoms with Crippen LogP contribution in [0, 0.1) is 5.92 Å². The van der Waals surface area contributed by atoms with Gasteiger partial charge in [-0.25, -0.2) is 0 Å². The fraction of sp³-hybridized carbons (Fsp3) is 0.174. The maximum atomic E-state index is 12.9. The molecular weight excluding hydrogens is 434 g/mol. The van der Waals surface area contributed by atoms with Gasteiger partial charge in [-0.15, -0.1) is 0 Å². The van der Waals surface area contributed by atoms with Crippen molar-refractivity contribution in [1.82, 2.24) is 0 Å². The molecule has 164 valence electrons. The third-order valence-corrected chi connectivity index (χ3v) is 5.33. The van der Waals surface area contributed by atoms with Crippen LogP contribution in [0.1, 0.15) is 17.0 Å². The van der Waals surface area contributed by atoms with E-state index in [1.54, 1.807) is 54.5 Å². The van der Waals surface area contributed by atoms with Gasteiger partial charge in [0, 0.05) is 29.7 Å². The van der Waals surface area contributed by atoms with E-state index < -0.39 is 11.8 Å². The van der Waals surface area contributed by atoms with Gasteiger partial charge in [-0.3, -0.25) is 14.4 Å². The van der Waals surface area contributed by atoms with E-state index in [2.05, 4.69) is 10.6 Å². The van der Waals surface area contributed by atoms with Gasteiger partial charge >= 0.3 is 0 Å². The van der Waals surface area contributed by atoms with Crippen LogP contribution < -0.4 is 20.3 Å². The van der Waals surface area contributed by atoms with Crippen molar-refractivity contribution in [3.05, 3.63) is 71.6 Å². The van der Waals surface area contributed by atoms with Crippen LogP contribution in [0.5, 0.6) is 5.75 Å². The number of anilines is 3. The fourth-order valence-corrected chi connectivity index (χ4v) is 3.64. The highest BCUT2D eigenvalue weighted by atomic mass is 35.5. The third-order valence-electron chi connectivity index (χ3n) is 5.09. The molecule has 0 bridgehead atoms.